The predicted molar refractivity (Wildman–Crippen MR) is 43.5 cm³/mol. The molecule has 0 amide bonds. The van der Waals surface area contributed by atoms with Crippen LogP contribution in [-0.2, 0) is 13.1 Å². The molecule has 0 saturated carbocycles. The van der Waals surface area contributed by atoms with E-state index >= 15 is 0 Å². The summed E-state index contributed by atoms with van der Waals surface area (Å²) in [7, 11) is 0. The number of halogens is 1. The van der Waals surface area contributed by atoms with E-state index in [1.165, 1.54) is 0 Å². The first kappa shape index (κ1) is 7.75. The number of aryl methyl sites for hydroxylation is 1. The second-order valence-electron chi connectivity index (χ2n) is 1.98. The van der Waals surface area contributed by atoms with Gasteiger partial charge in [-0.15, -0.1) is 0 Å². The van der Waals surface area contributed by atoms with Crippen LogP contribution in [-0.4, -0.2) is 9.78 Å². The molecule has 1 aromatic rings. The maximum atomic E-state index is 5.39. The van der Waals surface area contributed by atoms with Crippen molar-refractivity contribution in [2.45, 2.75) is 20.0 Å². The van der Waals surface area contributed by atoms with Gasteiger partial charge in [0.15, 0.2) is 0 Å². The van der Waals surface area contributed by atoms with E-state index in [0.717, 1.165) is 16.8 Å². The molecule has 0 saturated heterocycles. The third-order valence-electron chi connectivity index (χ3n) is 1.29. The first-order valence-corrected chi connectivity index (χ1v) is 3.99. The number of hydrogen-bond acceptors (Lipinski definition) is 2. The third-order valence-corrected chi connectivity index (χ3v) is 1.93. The molecule has 0 bridgehead atoms. The van der Waals surface area contributed by atoms with E-state index in [1.807, 2.05) is 17.7 Å². The van der Waals surface area contributed by atoms with Crippen LogP contribution in [0, 0.1) is 0 Å². The molecule has 0 unspecified atom stereocenters. The van der Waals surface area contributed by atoms with Crippen LogP contribution < -0.4 is 5.73 Å². The molecular weight excluding hydrogens is 194 g/mol. The Morgan fingerprint density at radius 3 is 2.80 bits per heavy atom. The molecule has 1 aromatic heterocycles. The van der Waals surface area contributed by atoms with Crippen LogP contribution in [0.3, 0.4) is 0 Å². The Labute approximate surface area is 68.3 Å². The third kappa shape index (κ3) is 1.38. The lowest BCUT2D eigenvalue weighted by Crippen LogP contribution is -2.00. The first-order chi connectivity index (χ1) is 4.77. The van der Waals surface area contributed by atoms with Crippen LogP contribution in [0.1, 0.15) is 12.6 Å². The van der Waals surface area contributed by atoms with Gasteiger partial charge in [-0.25, -0.2) is 0 Å². The Morgan fingerprint density at radius 1 is 1.80 bits per heavy atom. The van der Waals surface area contributed by atoms with Crippen molar-refractivity contribution in [2.24, 2.45) is 5.73 Å². The normalized spacial score (nSPS) is 10.3. The van der Waals surface area contributed by atoms with Gasteiger partial charge in [0, 0.05) is 13.1 Å². The molecule has 56 valence electrons. The molecule has 1 rings (SSSR count). The van der Waals surface area contributed by atoms with E-state index in [9.17, 15) is 0 Å². The van der Waals surface area contributed by atoms with Crippen molar-refractivity contribution in [1.82, 2.24) is 9.78 Å². The van der Waals surface area contributed by atoms with Crippen LogP contribution in [0.25, 0.3) is 0 Å². The summed E-state index contributed by atoms with van der Waals surface area (Å²) in [5, 5.41) is 4.19. The van der Waals surface area contributed by atoms with E-state index in [4.69, 9.17) is 5.73 Å². The highest BCUT2D eigenvalue weighted by Gasteiger charge is 2.00. The van der Waals surface area contributed by atoms with E-state index in [-0.39, 0.29) is 0 Å². The number of aromatic nitrogens is 2. The second-order valence-corrected chi connectivity index (χ2v) is 2.79. The van der Waals surface area contributed by atoms with Gasteiger partial charge in [0.25, 0.3) is 0 Å². The summed E-state index contributed by atoms with van der Waals surface area (Å²) < 4.78 is 2.86. The van der Waals surface area contributed by atoms with E-state index < -0.39 is 0 Å². The number of hydrogen-bond donors (Lipinski definition) is 1. The Morgan fingerprint density at radius 2 is 2.50 bits per heavy atom. The molecule has 0 spiro atoms. The number of rotatable bonds is 2. The van der Waals surface area contributed by atoms with Crippen molar-refractivity contribution in [1.29, 1.82) is 0 Å². The summed E-state index contributed by atoms with van der Waals surface area (Å²) in [4.78, 5) is 0. The Kier molecular flexibility index (Phi) is 2.45. The van der Waals surface area contributed by atoms with Crippen LogP contribution in [0.15, 0.2) is 10.7 Å². The lowest BCUT2D eigenvalue weighted by Gasteiger charge is -1.94. The summed E-state index contributed by atoms with van der Waals surface area (Å²) >= 11 is 3.36. The van der Waals surface area contributed by atoms with Crippen molar-refractivity contribution in [3.8, 4) is 0 Å². The Hall–Kier alpha value is -0.350. The fourth-order valence-electron chi connectivity index (χ4n) is 0.765. The molecule has 10 heavy (non-hydrogen) atoms. The molecule has 0 radical (unpaired) electrons. The summed E-state index contributed by atoms with van der Waals surface area (Å²) in [5.41, 5.74) is 6.31. The molecule has 3 nitrogen and oxygen atoms in total. The minimum Gasteiger partial charge on any atom is -0.325 e. The molecule has 4 heteroatoms. The zero-order valence-corrected chi connectivity index (χ0v) is 7.43. The molecule has 0 aromatic carbocycles. The maximum absolute atomic E-state index is 5.39. The van der Waals surface area contributed by atoms with Gasteiger partial charge in [-0.05, 0) is 28.9 Å². The van der Waals surface area contributed by atoms with Gasteiger partial charge in [0.2, 0.25) is 0 Å². The SMILES string of the molecule is CCn1nc(CN)cc1Br. The maximum Gasteiger partial charge on any atom is 0.104 e. The summed E-state index contributed by atoms with van der Waals surface area (Å²) in [6, 6.07) is 1.93. The molecule has 2 N–H and O–H groups in total. The molecule has 1 heterocycles. The topological polar surface area (TPSA) is 43.8 Å². The quantitative estimate of drug-likeness (QED) is 0.784. The Balaban J connectivity index is 2.92. The molecule has 0 aliphatic carbocycles. The smallest absolute Gasteiger partial charge is 0.104 e. The van der Waals surface area contributed by atoms with Gasteiger partial charge in [0.1, 0.15) is 4.60 Å². The van der Waals surface area contributed by atoms with Crippen LogP contribution in [0.2, 0.25) is 0 Å². The number of nitrogens with two attached hydrogens (primary N) is 1. The lowest BCUT2D eigenvalue weighted by atomic mass is 10.4. The summed E-state index contributed by atoms with van der Waals surface area (Å²) in [6.07, 6.45) is 0. The highest BCUT2D eigenvalue weighted by molar-refractivity contribution is 9.10. The molecule has 0 atom stereocenters. The summed E-state index contributed by atoms with van der Waals surface area (Å²) in [5.74, 6) is 0. The van der Waals surface area contributed by atoms with Crippen LogP contribution in [0.5, 0.6) is 0 Å². The second kappa shape index (κ2) is 3.16. The zero-order chi connectivity index (χ0) is 7.56. The summed E-state index contributed by atoms with van der Waals surface area (Å²) in [6.45, 7) is 3.42. The van der Waals surface area contributed by atoms with Gasteiger partial charge in [-0.1, -0.05) is 0 Å². The predicted octanol–water partition coefficient (Wildman–Crippen LogP) is 1.12. The average Bonchev–Trinajstić information content (AvgIpc) is 2.30. The standard InChI is InChI=1S/C6H10BrN3/c1-2-10-6(7)3-5(4-8)9-10/h3H,2,4,8H2,1H3. The van der Waals surface area contributed by atoms with Crippen LogP contribution >= 0.6 is 15.9 Å². The van der Waals surface area contributed by atoms with Crippen molar-refractivity contribution < 1.29 is 0 Å². The van der Waals surface area contributed by atoms with Crippen molar-refractivity contribution in [2.75, 3.05) is 0 Å². The molecular formula is C6H10BrN3. The Bertz CT molecular complexity index is 219. The minimum atomic E-state index is 0.506. The molecule has 0 fully saturated rings. The fraction of sp³-hybridized carbons (Fsp3) is 0.500. The van der Waals surface area contributed by atoms with E-state index in [0.29, 0.717) is 6.54 Å². The minimum absolute atomic E-state index is 0.506. The van der Waals surface area contributed by atoms with Crippen molar-refractivity contribution in [3.05, 3.63) is 16.4 Å². The molecule has 0 aliphatic heterocycles. The van der Waals surface area contributed by atoms with Gasteiger partial charge in [0.05, 0.1) is 5.69 Å². The first-order valence-electron chi connectivity index (χ1n) is 3.20. The average molecular weight is 204 g/mol. The fourth-order valence-corrected chi connectivity index (χ4v) is 1.36. The van der Waals surface area contributed by atoms with E-state index in [2.05, 4.69) is 21.0 Å². The largest absolute Gasteiger partial charge is 0.325 e. The van der Waals surface area contributed by atoms with Crippen molar-refractivity contribution in [3.63, 3.8) is 0 Å². The van der Waals surface area contributed by atoms with Gasteiger partial charge in [-0.3, -0.25) is 4.68 Å². The number of nitrogens with zero attached hydrogens (tertiary/aromatic N) is 2. The van der Waals surface area contributed by atoms with Gasteiger partial charge < -0.3 is 5.73 Å². The van der Waals surface area contributed by atoms with Gasteiger partial charge in [-0.2, -0.15) is 5.10 Å². The molecule has 0 aliphatic rings. The monoisotopic (exact) mass is 203 g/mol. The lowest BCUT2D eigenvalue weighted by molar-refractivity contribution is 0.634. The highest BCUT2D eigenvalue weighted by atomic mass is 79.9. The van der Waals surface area contributed by atoms with Gasteiger partial charge >= 0.3 is 0 Å². The highest BCUT2D eigenvalue weighted by Crippen LogP contribution is 2.10. The van der Waals surface area contributed by atoms with Crippen LogP contribution in [0.4, 0.5) is 0 Å². The van der Waals surface area contributed by atoms with Crippen molar-refractivity contribution >= 4 is 15.9 Å². The van der Waals surface area contributed by atoms with E-state index in [1.54, 1.807) is 0 Å². The zero-order valence-electron chi connectivity index (χ0n) is 5.84.